The first-order chi connectivity index (χ1) is 17.1. The number of aromatic nitrogens is 2. The minimum absolute atomic E-state index is 0.0718. The van der Waals surface area contributed by atoms with E-state index in [9.17, 15) is 9.59 Å². The third-order valence-electron chi connectivity index (χ3n) is 5.95. The van der Waals surface area contributed by atoms with Crippen LogP contribution in [0.4, 0.5) is 0 Å². The summed E-state index contributed by atoms with van der Waals surface area (Å²) in [4.78, 5) is 33.9. The highest BCUT2D eigenvalue weighted by Crippen LogP contribution is 2.35. The van der Waals surface area contributed by atoms with Crippen LogP contribution in [0.1, 0.15) is 45.2 Å². The van der Waals surface area contributed by atoms with Crippen molar-refractivity contribution in [2.45, 2.75) is 33.8 Å². The Kier molecular flexibility index (Phi) is 6.02. The average Bonchev–Trinajstić information content (AvgIpc) is 3.21. The fourth-order valence-corrected chi connectivity index (χ4v) is 5.29. The Morgan fingerprint density at radius 1 is 1.11 bits per heavy atom. The Hall–Kier alpha value is -3.75. The quantitative estimate of drug-likeness (QED) is 0.274. The minimum atomic E-state index is -0.757. The van der Waals surface area contributed by atoms with Crippen LogP contribution in [0.2, 0.25) is 5.15 Å². The lowest BCUT2D eigenvalue weighted by molar-refractivity contribution is 0.0988. The van der Waals surface area contributed by atoms with E-state index >= 15 is 0 Å². The van der Waals surface area contributed by atoms with Crippen molar-refractivity contribution in [3.05, 3.63) is 85.2 Å². The summed E-state index contributed by atoms with van der Waals surface area (Å²) in [6.45, 7) is 7.43. The van der Waals surface area contributed by atoms with Crippen LogP contribution >= 0.6 is 22.9 Å². The summed E-state index contributed by atoms with van der Waals surface area (Å²) >= 11 is 7.52. The highest BCUT2D eigenvalue weighted by molar-refractivity contribution is 7.18. The van der Waals surface area contributed by atoms with Gasteiger partial charge in [0.1, 0.15) is 22.6 Å². The van der Waals surface area contributed by atoms with Crippen molar-refractivity contribution >= 4 is 50.0 Å². The Morgan fingerprint density at radius 2 is 1.89 bits per heavy atom. The number of hydrogen-bond acceptors (Lipinski definition) is 7. The van der Waals surface area contributed by atoms with E-state index in [1.807, 2.05) is 44.2 Å². The van der Waals surface area contributed by atoms with Gasteiger partial charge >= 0.3 is 0 Å². The van der Waals surface area contributed by atoms with Crippen LogP contribution in [-0.4, -0.2) is 15.9 Å². The van der Waals surface area contributed by atoms with E-state index in [2.05, 4.69) is 9.97 Å². The number of hydrogen-bond donors (Lipinski definition) is 1. The molecule has 0 aliphatic carbocycles. The van der Waals surface area contributed by atoms with Crippen molar-refractivity contribution in [1.82, 2.24) is 9.97 Å². The topological polar surface area (TPSA) is 108 Å². The number of nitrogens with zero attached hydrogens (tertiary/aromatic N) is 2. The zero-order chi connectivity index (χ0) is 25.7. The smallest absolute Gasteiger partial charge is 0.271 e. The molecule has 3 heterocycles. The zero-order valence-electron chi connectivity index (χ0n) is 20.0. The number of rotatable bonds is 5. The van der Waals surface area contributed by atoms with Crippen LogP contribution < -0.4 is 15.9 Å². The lowest BCUT2D eigenvalue weighted by Gasteiger charge is -2.19. The number of thiazole rings is 1. The number of pyridine rings is 1. The number of primary amides is 1. The molecule has 1 amide bonds. The van der Waals surface area contributed by atoms with E-state index in [1.54, 1.807) is 31.3 Å². The molecule has 0 saturated heterocycles. The van der Waals surface area contributed by atoms with Gasteiger partial charge in [0, 0.05) is 16.7 Å². The third-order valence-corrected chi connectivity index (χ3v) is 7.09. The van der Waals surface area contributed by atoms with Crippen LogP contribution in [0, 0.1) is 20.8 Å². The number of amides is 1. The molecule has 0 bridgehead atoms. The summed E-state index contributed by atoms with van der Waals surface area (Å²) in [5.41, 5.74) is 9.45. The molecule has 0 saturated carbocycles. The number of carbonyl (C=O) groups is 1. The molecule has 1 atom stereocenters. The number of fused-ring (bicyclic) bond motifs is 2. The maximum absolute atomic E-state index is 13.5. The van der Waals surface area contributed by atoms with Crippen LogP contribution in [0.3, 0.4) is 0 Å². The van der Waals surface area contributed by atoms with Gasteiger partial charge in [-0.05, 0) is 75.7 Å². The fraction of sp³-hybridized carbons (Fsp3) is 0.185. The van der Waals surface area contributed by atoms with E-state index in [0.29, 0.717) is 27.9 Å². The molecule has 2 N–H and O–H groups in total. The predicted octanol–water partition coefficient (Wildman–Crippen LogP) is 6.28. The molecule has 0 aliphatic rings. The first kappa shape index (κ1) is 24.0. The van der Waals surface area contributed by atoms with Gasteiger partial charge in [-0.1, -0.05) is 11.6 Å². The molecule has 7 nitrogen and oxygen atoms in total. The van der Waals surface area contributed by atoms with E-state index in [-0.39, 0.29) is 22.0 Å². The Balaban J connectivity index is 1.67. The van der Waals surface area contributed by atoms with Crippen LogP contribution in [0.15, 0.2) is 51.7 Å². The number of aryl methyl sites for hydroxylation is 2. The maximum Gasteiger partial charge on any atom is 0.271 e. The first-order valence-corrected chi connectivity index (χ1v) is 12.4. The molecular weight excluding hydrogens is 498 g/mol. The summed E-state index contributed by atoms with van der Waals surface area (Å²) in [6.07, 6.45) is -0.598. The number of halogens is 1. The zero-order valence-corrected chi connectivity index (χ0v) is 21.6. The van der Waals surface area contributed by atoms with Crippen molar-refractivity contribution in [2.24, 2.45) is 5.73 Å². The molecule has 182 valence electrons. The highest BCUT2D eigenvalue weighted by atomic mass is 35.5. The van der Waals surface area contributed by atoms with Gasteiger partial charge in [0.2, 0.25) is 0 Å². The molecule has 9 heteroatoms. The van der Waals surface area contributed by atoms with Crippen molar-refractivity contribution < 1.29 is 13.9 Å². The molecule has 3 aromatic heterocycles. The highest BCUT2D eigenvalue weighted by Gasteiger charge is 2.22. The van der Waals surface area contributed by atoms with Gasteiger partial charge in [0.05, 0.1) is 20.6 Å². The monoisotopic (exact) mass is 519 g/mol. The molecule has 0 aliphatic heterocycles. The van der Waals surface area contributed by atoms with Crippen molar-refractivity contribution in [2.75, 3.05) is 0 Å². The Bertz CT molecular complexity index is 1740. The lowest BCUT2D eigenvalue weighted by Crippen LogP contribution is -2.17. The van der Waals surface area contributed by atoms with Gasteiger partial charge in [-0.2, -0.15) is 0 Å². The molecule has 5 rings (SSSR count). The molecule has 2 aromatic carbocycles. The summed E-state index contributed by atoms with van der Waals surface area (Å²) in [5.74, 6) is -0.0783. The SMILES string of the molecule is Cc1cc([C@@H](C)Oc2ccc(Cl)nc2C(N)=O)c2oc(-c3ccc4nc(C)sc4c3)c(C)c(=O)c2c1. The van der Waals surface area contributed by atoms with E-state index in [4.69, 9.17) is 26.5 Å². The van der Waals surface area contributed by atoms with E-state index in [1.165, 1.54) is 6.07 Å². The second kappa shape index (κ2) is 9.04. The first-order valence-electron chi connectivity index (χ1n) is 11.2. The summed E-state index contributed by atoms with van der Waals surface area (Å²) in [7, 11) is 0. The number of nitrogens with two attached hydrogens (primary N) is 1. The summed E-state index contributed by atoms with van der Waals surface area (Å²) in [5, 5.41) is 1.55. The van der Waals surface area contributed by atoms with Crippen LogP contribution in [-0.2, 0) is 0 Å². The lowest BCUT2D eigenvalue weighted by atomic mass is 10.00. The average molecular weight is 520 g/mol. The second-order valence-corrected chi connectivity index (χ2v) is 10.3. The Morgan fingerprint density at radius 3 is 2.64 bits per heavy atom. The second-order valence-electron chi connectivity index (χ2n) is 8.64. The Labute approximate surface area is 215 Å². The molecule has 0 spiro atoms. The molecule has 0 unspecified atom stereocenters. The number of carbonyl (C=O) groups excluding carboxylic acids is 1. The fourth-order valence-electron chi connectivity index (χ4n) is 4.27. The molecule has 5 aromatic rings. The van der Waals surface area contributed by atoms with Gasteiger partial charge in [-0.25, -0.2) is 9.97 Å². The third kappa shape index (κ3) is 4.23. The van der Waals surface area contributed by atoms with Crippen LogP contribution in [0.5, 0.6) is 5.75 Å². The normalized spacial score (nSPS) is 12.2. The van der Waals surface area contributed by atoms with Gasteiger partial charge in [-0.15, -0.1) is 11.3 Å². The van der Waals surface area contributed by atoms with Crippen molar-refractivity contribution in [3.8, 4) is 17.1 Å². The molecule has 36 heavy (non-hydrogen) atoms. The molecular formula is C27H22ClN3O4S. The minimum Gasteiger partial charge on any atom is -0.483 e. The standard InChI is InChI=1S/C27H22ClN3O4S/c1-12-9-17(14(3)34-20-7-8-22(28)31-23(20)27(29)33)26-18(10-12)24(32)13(2)25(35-26)16-5-6-19-21(11-16)36-15(4)30-19/h5-11,14H,1-4H3,(H2,29,33)/t14-/m1/s1. The van der Waals surface area contributed by atoms with Gasteiger partial charge in [-0.3, -0.25) is 9.59 Å². The van der Waals surface area contributed by atoms with Gasteiger partial charge in [0.15, 0.2) is 16.9 Å². The summed E-state index contributed by atoms with van der Waals surface area (Å²) in [6, 6.07) is 12.6. The van der Waals surface area contributed by atoms with Crippen molar-refractivity contribution in [3.63, 3.8) is 0 Å². The van der Waals surface area contributed by atoms with E-state index < -0.39 is 12.0 Å². The summed E-state index contributed by atoms with van der Waals surface area (Å²) < 4.78 is 13.5. The number of benzene rings is 2. The van der Waals surface area contributed by atoms with Gasteiger partial charge in [0.25, 0.3) is 5.91 Å². The van der Waals surface area contributed by atoms with Gasteiger partial charge < -0.3 is 14.9 Å². The number of ether oxygens (including phenoxy) is 1. The predicted molar refractivity (Wildman–Crippen MR) is 142 cm³/mol. The van der Waals surface area contributed by atoms with Crippen molar-refractivity contribution in [1.29, 1.82) is 0 Å². The molecule has 0 fully saturated rings. The maximum atomic E-state index is 13.5. The van der Waals surface area contributed by atoms with E-state index in [0.717, 1.165) is 26.4 Å². The van der Waals surface area contributed by atoms with Crippen LogP contribution in [0.25, 0.3) is 32.5 Å². The largest absolute Gasteiger partial charge is 0.483 e. The molecule has 0 radical (unpaired) electrons.